The van der Waals surface area contributed by atoms with Crippen molar-refractivity contribution in [2.45, 2.75) is 296 Å². The third kappa shape index (κ3) is 48.6. The fourth-order valence-electron chi connectivity index (χ4n) is 8.89. The third-order valence-corrected chi connectivity index (χ3v) is 13.4. The first kappa shape index (κ1) is 64.8. The molecule has 0 fully saturated rings. The summed E-state index contributed by atoms with van der Waals surface area (Å²) < 4.78 is 17.4. The van der Waals surface area contributed by atoms with Crippen LogP contribution < -0.4 is 0 Å². The van der Waals surface area contributed by atoms with Crippen molar-refractivity contribution in [1.29, 1.82) is 0 Å². The summed E-state index contributed by atoms with van der Waals surface area (Å²) >= 11 is 0. The van der Waals surface area contributed by atoms with Gasteiger partial charge >= 0.3 is 17.9 Å². The summed E-state index contributed by atoms with van der Waals surface area (Å²) in [4.78, 5) is 37.3. The average Bonchev–Trinajstić information content (AvgIpc) is 3.29. The minimum atomic E-state index is -0.872. The highest BCUT2D eigenvalue weighted by Gasteiger charge is 2.31. The van der Waals surface area contributed by atoms with Gasteiger partial charge in [0, 0.05) is 19.3 Å². The van der Waals surface area contributed by atoms with Crippen LogP contribution in [0.3, 0.4) is 0 Å². The van der Waals surface area contributed by atoms with Crippen LogP contribution in [0.1, 0.15) is 284 Å². The van der Waals surface area contributed by atoms with Crippen LogP contribution in [0.5, 0.6) is 0 Å². The quantitative estimate of drug-likeness (QED) is 0.0281. The van der Waals surface area contributed by atoms with Crippen LogP contribution in [0.2, 0.25) is 0 Å². The summed E-state index contributed by atoms with van der Waals surface area (Å²) in [6.45, 7) is 4.78. The number of carboxylic acid groups (broad SMARTS) is 1. The van der Waals surface area contributed by atoms with Crippen LogP contribution in [-0.2, 0) is 28.6 Å². The highest BCUT2D eigenvalue weighted by molar-refractivity contribution is 5.72. The number of quaternary nitrogens is 1. The van der Waals surface area contributed by atoms with Gasteiger partial charge in [-0.1, -0.05) is 244 Å². The molecule has 0 heterocycles. The summed E-state index contributed by atoms with van der Waals surface area (Å²) in [7, 11) is 5.55. The number of carbonyl (C=O) groups excluding carboxylic acids is 2. The van der Waals surface area contributed by atoms with Gasteiger partial charge in [-0.2, -0.15) is 0 Å². The molecule has 0 aliphatic rings. The fourth-order valence-corrected chi connectivity index (χ4v) is 8.89. The Kier molecular flexibility index (Phi) is 48.6. The zero-order chi connectivity index (χ0) is 49.2. The van der Waals surface area contributed by atoms with E-state index in [-0.39, 0.29) is 36.2 Å². The molecule has 0 aromatic carbocycles. The van der Waals surface area contributed by atoms with Crippen molar-refractivity contribution in [1.82, 2.24) is 0 Å². The van der Waals surface area contributed by atoms with Gasteiger partial charge in [-0.05, 0) is 44.9 Å². The SMILES string of the molecule is CCCCCCCCCC/C=C/C/C=C/CCCCCCCCCC(=O)OC(COCCC(C(=O)O)[N+](C)(C)C)COC(=O)CCCCCCCCCCCCCCCCCCCCCCC. The molecule has 0 radical (unpaired) electrons. The third-order valence-electron chi connectivity index (χ3n) is 13.4. The molecule has 0 amide bonds. The normalized spacial score (nSPS) is 12.9. The minimum Gasteiger partial charge on any atom is -0.477 e. The number of carboxylic acids is 1. The van der Waals surface area contributed by atoms with Crippen LogP contribution in [0.4, 0.5) is 0 Å². The lowest BCUT2D eigenvalue weighted by molar-refractivity contribution is -0.887. The highest BCUT2D eigenvalue weighted by atomic mass is 16.6. The van der Waals surface area contributed by atoms with E-state index in [0.717, 1.165) is 51.4 Å². The topological polar surface area (TPSA) is 99.1 Å². The number of allylic oxidation sites excluding steroid dienone is 4. The first-order chi connectivity index (χ1) is 32.6. The Morgan fingerprint density at radius 3 is 1.15 bits per heavy atom. The molecule has 0 rings (SSSR count). The van der Waals surface area contributed by atoms with Crippen molar-refractivity contribution in [2.75, 3.05) is 41.0 Å². The van der Waals surface area contributed by atoms with E-state index < -0.39 is 18.1 Å². The number of ether oxygens (including phenoxy) is 3. The number of carbonyl (C=O) groups is 3. The van der Waals surface area contributed by atoms with E-state index in [2.05, 4.69) is 38.2 Å². The van der Waals surface area contributed by atoms with E-state index in [9.17, 15) is 19.5 Å². The van der Waals surface area contributed by atoms with Gasteiger partial charge < -0.3 is 23.8 Å². The summed E-state index contributed by atoms with van der Waals surface area (Å²) in [5, 5.41) is 9.68. The van der Waals surface area contributed by atoms with E-state index in [1.165, 1.54) is 199 Å². The second kappa shape index (κ2) is 50.2. The molecule has 0 saturated heterocycles. The van der Waals surface area contributed by atoms with Crippen molar-refractivity contribution in [3.05, 3.63) is 24.3 Å². The van der Waals surface area contributed by atoms with Crippen molar-refractivity contribution < 1.29 is 38.2 Å². The second-order valence-electron chi connectivity index (χ2n) is 20.9. The van der Waals surface area contributed by atoms with E-state index in [1.54, 1.807) is 0 Å². The number of hydrogen-bond donors (Lipinski definition) is 1. The van der Waals surface area contributed by atoms with Gasteiger partial charge in [-0.25, -0.2) is 4.79 Å². The summed E-state index contributed by atoms with van der Waals surface area (Å²) in [6, 6.07) is -0.615. The minimum absolute atomic E-state index is 0.0488. The van der Waals surface area contributed by atoms with Crippen LogP contribution in [0, 0.1) is 0 Å². The molecule has 0 aromatic rings. The Labute approximate surface area is 415 Å². The van der Waals surface area contributed by atoms with E-state index >= 15 is 0 Å². The van der Waals surface area contributed by atoms with Crippen molar-refractivity contribution in [2.24, 2.45) is 0 Å². The zero-order valence-electron chi connectivity index (χ0n) is 45.1. The molecule has 0 bridgehead atoms. The first-order valence-corrected chi connectivity index (χ1v) is 28.9. The van der Waals surface area contributed by atoms with Gasteiger partial charge in [-0.15, -0.1) is 0 Å². The maximum Gasteiger partial charge on any atom is 0.362 e. The molecule has 2 atom stereocenters. The van der Waals surface area contributed by atoms with Crippen LogP contribution in [0.15, 0.2) is 24.3 Å². The fraction of sp³-hybridized carbons (Fsp3) is 0.881. The zero-order valence-corrected chi connectivity index (χ0v) is 45.1. The van der Waals surface area contributed by atoms with Crippen LogP contribution in [-0.4, -0.2) is 80.6 Å². The van der Waals surface area contributed by atoms with E-state index in [0.29, 0.717) is 19.3 Å². The molecule has 0 aliphatic heterocycles. The number of unbranched alkanes of at least 4 members (excludes halogenated alkanes) is 35. The Hall–Kier alpha value is -2.19. The number of rotatable bonds is 53. The number of likely N-dealkylation sites (N-methyl/N-ethyl adjacent to an activating group) is 1. The van der Waals surface area contributed by atoms with E-state index in [1.807, 2.05) is 21.1 Å². The molecular weight excluding hydrogens is 835 g/mol. The number of esters is 2. The molecule has 0 aliphatic carbocycles. The Balaban J connectivity index is 4.16. The Bertz CT molecular complexity index is 1150. The average molecular weight is 948 g/mol. The summed E-state index contributed by atoms with van der Waals surface area (Å²) in [5.74, 6) is -1.45. The number of aliphatic carboxylic acids is 1. The molecule has 2 unspecified atom stereocenters. The van der Waals surface area contributed by atoms with Crippen molar-refractivity contribution in [3.8, 4) is 0 Å². The molecule has 8 nitrogen and oxygen atoms in total. The van der Waals surface area contributed by atoms with E-state index in [4.69, 9.17) is 14.2 Å². The molecule has 0 saturated carbocycles. The van der Waals surface area contributed by atoms with Gasteiger partial charge in [0.15, 0.2) is 12.1 Å². The van der Waals surface area contributed by atoms with Crippen LogP contribution >= 0.6 is 0 Å². The maximum absolute atomic E-state index is 12.8. The van der Waals surface area contributed by atoms with Gasteiger partial charge in [0.1, 0.15) is 6.61 Å². The Morgan fingerprint density at radius 1 is 0.448 bits per heavy atom. The van der Waals surface area contributed by atoms with Gasteiger partial charge in [-0.3, -0.25) is 9.59 Å². The van der Waals surface area contributed by atoms with Crippen LogP contribution in [0.25, 0.3) is 0 Å². The number of nitrogens with zero attached hydrogens (tertiary/aromatic N) is 1. The smallest absolute Gasteiger partial charge is 0.362 e. The molecule has 8 heteroatoms. The molecule has 1 N–H and O–H groups in total. The van der Waals surface area contributed by atoms with Gasteiger partial charge in [0.25, 0.3) is 0 Å². The summed E-state index contributed by atoms with van der Waals surface area (Å²) in [6.07, 6.45) is 59.5. The first-order valence-electron chi connectivity index (χ1n) is 28.9. The lowest BCUT2D eigenvalue weighted by Crippen LogP contribution is -2.50. The second-order valence-corrected chi connectivity index (χ2v) is 20.9. The molecule has 0 aromatic heterocycles. The number of hydrogen-bond acceptors (Lipinski definition) is 6. The largest absolute Gasteiger partial charge is 0.477 e. The van der Waals surface area contributed by atoms with Gasteiger partial charge in [0.2, 0.25) is 0 Å². The molecule has 0 spiro atoms. The molecule has 394 valence electrons. The maximum atomic E-state index is 12.8. The standard InChI is InChI=1S/C59H111NO7/c1-6-8-10-12-14-16-18-20-22-24-26-28-30-32-34-36-38-40-42-44-46-48-50-58(62)67-55(53-65-52-51-56(59(63)64)60(3,4)5)54-66-57(61)49-47-45-43-41-39-37-35-33-31-29-27-25-23-21-19-17-15-13-11-9-7-2/h24,26,30,32,55-56H,6-23,25,27-29,31,33-54H2,1-5H3/p+1/b26-24+,32-30+. The lowest BCUT2D eigenvalue weighted by Gasteiger charge is -2.31. The van der Waals surface area contributed by atoms with Crippen molar-refractivity contribution >= 4 is 17.9 Å². The van der Waals surface area contributed by atoms with Gasteiger partial charge in [0.05, 0.1) is 34.4 Å². The molecule has 67 heavy (non-hydrogen) atoms. The predicted molar refractivity (Wildman–Crippen MR) is 285 cm³/mol. The highest BCUT2D eigenvalue weighted by Crippen LogP contribution is 2.17. The summed E-state index contributed by atoms with van der Waals surface area (Å²) in [5.41, 5.74) is 0. The molecular formula is C59H112NO7+. The predicted octanol–water partition coefficient (Wildman–Crippen LogP) is 17.2. The Morgan fingerprint density at radius 2 is 0.791 bits per heavy atom. The van der Waals surface area contributed by atoms with Crippen molar-refractivity contribution in [3.63, 3.8) is 0 Å². The monoisotopic (exact) mass is 947 g/mol. The lowest BCUT2D eigenvalue weighted by atomic mass is 10.0.